The van der Waals surface area contributed by atoms with E-state index in [9.17, 15) is 24.0 Å². The second-order valence-corrected chi connectivity index (χ2v) is 13.0. The minimum Gasteiger partial charge on any atom is -0.458 e. The molecule has 0 aliphatic rings. The third kappa shape index (κ3) is 11.9. The topological polar surface area (TPSA) is 157 Å². The third-order valence-electron chi connectivity index (χ3n) is 6.59. The number of nitrogens with two attached hydrogens (primary N) is 1. The van der Waals surface area contributed by atoms with Crippen molar-refractivity contribution in [3.63, 3.8) is 0 Å². The minimum absolute atomic E-state index is 0.0191. The summed E-state index contributed by atoms with van der Waals surface area (Å²) in [4.78, 5) is 67.7. The van der Waals surface area contributed by atoms with Gasteiger partial charge in [0.1, 0.15) is 29.3 Å². The molecule has 2 aromatic carbocycles. The van der Waals surface area contributed by atoms with Gasteiger partial charge in [0.05, 0.1) is 6.42 Å². The molecule has 11 nitrogen and oxygen atoms in total. The summed E-state index contributed by atoms with van der Waals surface area (Å²) in [6, 6.07) is 10.9. The summed E-state index contributed by atoms with van der Waals surface area (Å²) in [5, 5.41) is 5.29. The van der Waals surface area contributed by atoms with Gasteiger partial charge in [-0.1, -0.05) is 54.1 Å². The number of aryl methyl sites for hydroxylation is 2. The first-order valence-corrected chi connectivity index (χ1v) is 15.0. The molecule has 3 unspecified atom stereocenters. The van der Waals surface area contributed by atoms with Gasteiger partial charge in [0.25, 0.3) is 0 Å². The number of nitrogens with one attached hydrogen (secondary N) is 2. The lowest BCUT2D eigenvalue weighted by atomic mass is 9.95. The van der Waals surface area contributed by atoms with Crippen molar-refractivity contribution in [3.05, 3.63) is 70.8 Å². The molecule has 0 saturated heterocycles. The Kier molecular flexibility index (Phi) is 12.7. The quantitative estimate of drug-likeness (QED) is 0.301. The second-order valence-electron chi connectivity index (χ2n) is 13.0. The predicted molar refractivity (Wildman–Crippen MR) is 171 cm³/mol. The van der Waals surface area contributed by atoms with Crippen LogP contribution in [0.2, 0.25) is 0 Å². The van der Waals surface area contributed by atoms with Crippen molar-refractivity contribution >= 4 is 29.8 Å². The van der Waals surface area contributed by atoms with Crippen molar-refractivity contribution in [1.82, 2.24) is 15.5 Å². The largest absolute Gasteiger partial charge is 0.458 e. The second kappa shape index (κ2) is 15.5. The van der Waals surface area contributed by atoms with E-state index in [1.54, 1.807) is 54.5 Å². The zero-order valence-corrected chi connectivity index (χ0v) is 27.9. The number of alkyl carbamates (subject to hydrolysis) is 1. The fraction of sp³-hybridized carbons (Fsp3) is 0.500. The van der Waals surface area contributed by atoms with Crippen molar-refractivity contribution in [3.8, 4) is 0 Å². The van der Waals surface area contributed by atoms with Crippen molar-refractivity contribution in [2.24, 2.45) is 5.73 Å². The number of hydrogen-bond acceptors (Lipinski definition) is 7. The molecule has 0 spiro atoms. The molecule has 0 aliphatic carbocycles. The zero-order valence-electron chi connectivity index (χ0n) is 27.9. The van der Waals surface area contributed by atoms with Crippen molar-refractivity contribution < 1.29 is 33.4 Å². The SMILES string of the molecule is CCN(C(=O)C(CC(N)=O)NC(=O)OC(C)(C)C)C(C(=O)NC(Cc1ccccc1)C(=O)OC(C)(C)C)c1ccc(C)cc1C. The maximum absolute atomic E-state index is 14.3. The number of ether oxygens (including phenoxy) is 2. The first-order chi connectivity index (χ1) is 20.8. The minimum atomic E-state index is -1.41. The van der Waals surface area contributed by atoms with Crippen LogP contribution in [0.25, 0.3) is 0 Å². The third-order valence-corrected chi connectivity index (χ3v) is 6.59. The number of benzene rings is 2. The average molecular weight is 625 g/mol. The van der Waals surface area contributed by atoms with Crippen LogP contribution in [0.1, 0.15) is 83.2 Å². The molecule has 0 radical (unpaired) electrons. The number of likely N-dealkylation sites (N-methyl/N-ethyl adjacent to an activating group) is 1. The van der Waals surface area contributed by atoms with Crippen LogP contribution in [0.15, 0.2) is 48.5 Å². The van der Waals surface area contributed by atoms with E-state index >= 15 is 0 Å². The molecular weight excluding hydrogens is 576 g/mol. The Morgan fingerprint density at radius 3 is 1.96 bits per heavy atom. The standard InChI is InChI=1S/C34H48N4O7/c1-10-38(30(41)25(20-27(35)39)37-32(43)45-34(7,8)9)28(24-17-16-21(2)18-22(24)3)29(40)36-26(31(42)44-33(4,5)6)19-23-14-12-11-13-15-23/h11-18,25-26,28H,10,19-20H2,1-9H3,(H2,35,39)(H,36,40)(H,37,43). The highest BCUT2D eigenvalue weighted by Crippen LogP contribution is 2.27. The summed E-state index contributed by atoms with van der Waals surface area (Å²) < 4.78 is 11.0. The molecule has 45 heavy (non-hydrogen) atoms. The number of rotatable bonds is 12. The molecule has 0 saturated carbocycles. The summed E-state index contributed by atoms with van der Waals surface area (Å²) in [6.07, 6.45) is -1.30. The van der Waals surface area contributed by atoms with Crippen LogP contribution in [0.5, 0.6) is 0 Å². The first kappa shape index (κ1) is 36.8. The molecule has 2 aromatic rings. The number of amides is 4. The van der Waals surface area contributed by atoms with E-state index in [1.807, 2.05) is 56.3 Å². The van der Waals surface area contributed by atoms with Gasteiger partial charge in [-0.25, -0.2) is 9.59 Å². The molecule has 246 valence electrons. The number of hydrogen-bond donors (Lipinski definition) is 3. The number of primary amides is 1. The van der Waals surface area contributed by atoms with Crippen LogP contribution in [0.3, 0.4) is 0 Å². The Labute approximate surface area is 266 Å². The Balaban J connectivity index is 2.59. The van der Waals surface area contributed by atoms with Gasteiger partial charge >= 0.3 is 12.1 Å². The smallest absolute Gasteiger partial charge is 0.408 e. The molecule has 0 fully saturated rings. The van der Waals surface area contributed by atoms with E-state index in [4.69, 9.17) is 15.2 Å². The molecule has 3 atom stereocenters. The van der Waals surface area contributed by atoms with E-state index in [2.05, 4.69) is 10.6 Å². The molecule has 4 N–H and O–H groups in total. The maximum Gasteiger partial charge on any atom is 0.408 e. The Hall–Kier alpha value is -4.41. The van der Waals surface area contributed by atoms with Crippen molar-refractivity contribution in [2.75, 3.05) is 6.54 Å². The lowest BCUT2D eigenvalue weighted by molar-refractivity contribution is -0.159. The maximum atomic E-state index is 14.3. The number of nitrogens with zero attached hydrogens (tertiary/aromatic N) is 1. The normalized spacial score (nSPS) is 13.5. The lowest BCUT2D eigenvalue weighted by Crippen LogP contribution is -2.55. The van der Waals surface area contributed by atoms with Crippen LogP contribution in [0, 0.1) is 13.8 Å². The van der Waals surface area contributed by atoms with E-state index in [0.29, 0.717) is 5.56 Å². The predicted octanol–water partition coefficient (Wildman–Crippen LogP) is 4.03. The Morgan fingerprint density at radius 2 is 1.44 bits per heavy atom. The summed E-state index contributed by atoms with van der Waals surface area (Å²) in [6.45, 7) is 15.6. The molecule has 4 amide bonds. The van der Waals surface area contributed by atoms with Crippen molar-refractivity contribution in [2.45, 2.75) is 104 Å². The molecule has 11 heteroatoms. The fourth-order valence-electron chi connectivity index (χ4n) is 4.77. The number of carbonyl (C=O) groups is 5. The molecule has 0 heterocycles. The van der Waals surface area contributed by atoms with Gasteiger partial charge in [0.2, 0.25) is 17.7 Å². The van der Waals surface area contributed by atoms with Gasteiger partial charge in [-0.3, -0.25) is 14.4 Å². The van der Waals surface area contributed by atoms with Crippen LogP contribution in [0.4, 0.5) is 4.79 Å². The van der Waals surface area contributed by atoms with E-state index in [-0.39, 0.29) is 13.0 Å². The Morgan fingerprint density at radius 1 is 0.844 bits per heavy atom. The van der Waals surface area contributed by atoms with Gasteiger partial charge in [0, 0.05) is 13.0 Å². The number of carbonyl (C=O) groups excluding carboxylic acids is 5. The summed E-state index contributed by atoms with van der Waals surface area (Å²) in [7, 11) is 0. The van der Waals surface area contributed by atoms with Crippen LogP contribution < -0.4 is 16.4 Å². The van der Waals surface area contributed by atoms with Gasteiger partial charge in [0.15, 0.2) is 0 Å². The molecular formula is C34H48N4O7. The molecule has 0 aliphatic heterocycles. The number of esters is 1. The molecule has 0 bridgehead atoms. The molecule has 2 rings (SSSR count). The van der Waals surface area contributed by atoms with E-state index in [1.165, 1.54) is 4.90 Å². The average Bonchev–Trinajstić information content (AvgIpc) is 2.89. The summed E-state index contributed by atoms with van der Waals surface area (Å²) in [5.74, 6) is -2.83. The van der Waals surface area contributed by atoms with Crippen LogP contribution in [-0.4, -0.2) is 64.5 Å². The van der Waals surface area contributed by atoms with Gasteiger partial charge in [-0.15, -0.1) is 0 Å². The highest BCUT2D eigenvalue weighted by molar-refractivity contribution is 5.95. The zero-order chi connectivity index (χ0) is 34.1. The van der Waals surface area contributed by atoms with Gasteiger partial charge < -0.3 is 30.7 Å². The van der Waals surface area contributed by atoms with E-state index in [0.717, 1.165) is 16.7 Å². The summed E-state index contributed by atoms with van der Waals surface area (Å²) >= 11 is 0. The van der Waals surface area contributed by atoms with Crippen LogP contribution in [-0.2, 0) is 35.1 Å². The fourth-order valence-corrected chi connectivity index (χ4v) is 4.77. The lowest BCUT2D eigenvalue weighted by Gasteiger charge is -2.35. The summed E-state index contributed by atoms with van der Waals surface area (Å²) in [5.41, 5.74) is 6.74. The van der Waals surface area contributed by atoms with Crippen LogP contribution >= 0.6 is 0 Å². The van der Waals surface area contributed by atoms with Gasteiger partial charge in [-0.2, -0.15) is 0 Å². The van der Waals surface area contributed by atoms with Gasteiger partial charge in [-0.05, 0) is 79.0 Å². The monoisotopic (exact) mass is 624 g/mol. The van der Waals surface area contributed by atoms with Crippen molar-refractivity contribution in [1.29, 1.82) is 0 Å². The highest BCUT2D eigenvalue weighted by Gasteiger charge is 2.38. The highest BCUT2D eigenvalue weighted by atomic mass is 16.6. The van der Waals surface area contributed by atoms with E-state index < -0.39 is 65.5 Å². The Bertz CT molecular complexity index is 1360. The first-order valence-electron chi connectivity index (χ1n) is 15.0. The molecule has 0 aromatic heterocycles.